The van der Waals surface area contributed by atoms with Gasteiger partial charge in [0.05, 0.1) is 0 Å². The summed E-state index contributed by atoms with van der Waals surface area (Å²) < 4.78 is 4.95. The van der Waals surface area contributed by atoms with Crippen molar-refractivity contribution in [3.05, 3.63) is 59.1 Å². The zero-order valence-electron chi connectivity index (χ0n) is 11.9. The van der Waals surface area contributed by atoms with E-state index in [1.165, 1.54) is 0 Å². The van der Waals surface area contributed by atoms with Gasteiger partial charge in [0.25, 0.3) is 5.91 Å². The van der Waals surface area contributed by atoms with Crippen LogP contribution in [-0.4, -0.2) is 26.2 Å². The molecular formula is C17H18ClNO2. The van der Waals surface area contributed by atoms with Gasteiger partial charge in [-0.25, -0.2) is 0 Å². The third-order valence-electron chi connectivity index (χ3n) is 3.12. The molecule has 0 radical (unpaired) electrons. The lowest BCUT2D eigenvalue weighted by Crippen LogP contribution is -2.25. The van der Waals surface area contributed by atoms with E-state index >= 15 is 0 Å². The number of amides is 1. The summed E-state index contributed by atoms with van der Waals surface area (Å²) in [5.41, 5.74) is 2.47. The van der Waals surface area contributed by atoms with Crippen molar-refractivity contribution in [1.29, 1.82) is 0 Å². The van der Waals surface area contributed by atoms with Crippen LogP contribution >= 0.6 is 11.6 Å². The van der Waals surface area contributed by atoms with E-state index in [2.05, 4.69) is 5.32 Å². The van der Waals surface area contributed by atoms with Crippen LogP contribution in [0.25, 0.3) is 11.1 Å². The summed E-state index contributed by atoms with van der Waals surface area (Å²) in [7, 11) is 1.65. The van der Waals surface area contributed by atoms with Crippen molar-refractivity contribution in [2.75, 3.05) is 20.3 Å². The fourth-order valence-electron chi connectivity index (χ4n) is 2.03. The number of nitrogens with one attached hydrogen (secondary N) is 1. The summed E-state index contributed by atoms with van der Waals surface area (Å²) in [5, 5.41) is 3.51. The fraction of sp³-hybridized carbons (Fsp3) is 0.235. The minimum absolute atomic E-state index is 0.0973. The van der Waals surface area contributed by atoms with Crippen molar-refractivity contribution in [2.24, 2.45) is 0 Å². The van der Waals surface area contributed by atoms with Crippen LogP contribution in [0.1, 0.15) is 16.8 Å². The average molecular weight is 304 g/mol. The van der Waals surface area contributed by atoms with Crippen LogP contribution in [0.3, 0.4) is 0 Å². The molecule has 0 atom stereocenters. The molecule has 2 aromatic rings. The molecule has 3 nitrogen and oxygen atoms in total. The van der Waals surface area contributed by atoms with E-state index in [0.29, 0.717) is 23.7 Å². The molecule has 21 heavy (non-hydrogen) atoms. The molecule has 0 aromatic heterocycles. The number of methoxy groups -OCH3 is 1. The van der Waals surface area contributed by atoms with E-state index in [0.717, 1.165) is 17.5 Å². The molecule has 0 unspecified atom stereocenters. The Morgan fingerprint density at radius 1 is 1.19 bits per heavy atom. The molecule has 0 spiro atoms. The first-order chi connectivity index (χ1) is 10.2. The van der Waals surface area contributed by atoms with Gasteiger partial charge in [-0.05, 0) is 30.2 Å². The van der Waals surface area contributed by atoms with E-state index in [9.17, 15) is 4.79 Å². The monoisotopic (exact) mass is 303 g/mol. The molecule has 110 valence electrons. The number of benzene rings is 2. The number of ether oxygens (including phenoxy) is 1. The van der Waals surface area contributed by atoms with E-state index in [1.54, 1.807) is 19.2 Å². The van der Waals surface area contributed by atoms with E-state index in [-0.39, 0.29) is 5.91 Å². The fourth-order valence-corrected chi connectivity index (χ4v) is 2.25. The lowest BCUT2D eigenvalue weighted by molar-refractivity contribution is 0.0948. The zero-order chi connectivity index (χ0) is 15.1. The van der Waals surface area contributed by atoms with Crippen molar-refractivity contribution in [2.45, 2.75) is 6.42 Å². The van der Waals surface area contributed by atoms with Crippen LogP contribution in [0.2, 0.25) is 5.02 Å². The van der Waals surface area contributed by atoms with Gasteiger partial charge in [0, 0.05) is 36.4 Å². The third-order valence-corrected chi connectivity index (χ3v) is 3.45. The van der Waals surface area contributed by atoms with Crippen LogP contribution in [0, 0.1) is 0 Å². The summed E-state index contributed by atoms with van der Waals surface area (Å²) in [6.07, 6.45) is 0.793. The standard InChI is InChI=1S/C17H18ClNO2/c1-21-11-5-10-19-17(20)14-8-9-16(18)15(12-14)13-6-3-2-4-7-13/h2-4,6-9,12H,5,10-11H2,1H3,(H,19,20). The highest BCUT2D eigenvalue weighted by Crippen LogP contribution is 2.28. The molecule has 2 aromatic carbocycles. The Hall–Kier alpha value is -1.84. The van der Waals surface area contributed by atoms with Gasteiger partial charge in [0.2, 0.25) is 0 Å². The van der Waals surface area contributed by atoms with Gasteiger partial charge in [-0.3, -0.25) is 4.79 Å². The zero-order valence-corrected chi connectivity index (χ0v) is 12.7. The van der Waals surface area contributed by atoms with Crippen molar-refractivity contribution in [1.82, 2.24) is 5.32 Å². The van der Waals surface area contributed by atoms with Crippen LogP contribution in [0.4, 0.5) is 0 Å². The maximum atomic E-state index is 12.1. The molecule has 1 N–H and O–H groups in total. The summed E-state index contributed by atoms with van der Waals surface area (Å²) in [5.74, 6) is -0.0973. The Labute approximate surface area is 129 Å². The summed E-state index contributed by atoms with van der Waals surface area (Å²) in [6, 6.07) is 15.1. The first kappa shape index (κ1) is 15.5. The van der Waals surface area contributed by atoms with Crippen molar-refractivity contribution >= 4 is 17.5 Å². The van der Waals surface area contributed by atoms with E-state index in [4.69, 9.17) is 16.3 Å². The minimum Gasteiger partial charge on any atom is -0.385 e. The lowest BCUT2D eigenvalue weighted by Gasteiger charge is -2.09. The Kier molecular flexibility index (Phi) is 5.78. The maximum absolute atomic E-state index is 12.1. The first-order valence-corrected chi connectivity index (χ1v) is 7.22. The average Bonchev–Trinajstić information content (AvgIpc) is 2.52. The van der Waals surface area contributed by atoms with Gasteiger partial charge in [-0.15, -0.1) is 0 Å². The van der Waals surface area contributed by atoms with Gasteiger partial charge in [-0.1, -0.05) is 41.9 Å². The van der Waals surface area contributed by atoms with E-state index < -0.39 is 0 Å². The Morgan fingerprint density at radius 2 is 1.95 bits per heavy atom. The molecule has 0 heterocycles. The van der Waals surface area contributed by atoms with Gasteiger partial charge >= 0.3 is 0 Å². The lowest BCUT2D eigenvalue weighted by atomic mass is 10.0. The van der Waals surface area contributed by atoms with Crippen molar-refractivity contribution in [3.8, 4) is 11.1 Å². The molecule has 0 aliphatic heterocycles. The van der Waals surface area contributed by atoms with Gasteiger partial charge in [0.1, 0.15) is 0 Å². The SMILES string of the molecule is COCCCNC(=O)c1ccc(Cl)c(-c2ccccc2)c1. The Bertz CT molecular complexity index is 599. The molecule has 0 aliphatic carbocycles. The molecule has 0 fully saturated rings. The highest BCUT2D eigenvalue weighted by atomic mass is 35.5. The van der Waals surface area contributed by atoms with Crippen LogP contribution in [0.5, 0.6) is 0 Å². The second kappa shape index (κ2) is 7.81. The highest BCUT2D eigenvalue weighted by molar-refractivity contribution is 6.33. The minimum atomic E-state index is -0.0973. The van der Waals surface area contributed by atoms with Gasteiger partial charge in [0.15, 0.2) is 0 Å². The predicted molar refractivity (Wildman–Crippen MR) is 85.7 cm³/mol. The van der Waals surface area contributed by atoms with Crippen molar-refractivity contribution < 1.29 is 9.53 Å². The predicted octanol–water partition coefficient (Wildman–Crippen LogP) is 3.77. The summed E-state index contributed by atoms with van der Waals surface area (Å²) in [6.45, 7) is 1.23. The molecule has 2 rings (SSSR count). The molecule has 4 heteroatoms. The second-order valence-electron chi connectivity index (χ2n) is 4.66. The normalized spacial score (nSPS) is 10.4. The number of hydrogen-bond acceptors (Lipinski definition) is 2. The first-order valence-electron chi connectivity index (χ1n) is 6.84. The number of carbonyl (C=O) groups excluding carboxylic acids is 1. The number of carbonyl (C=O) groups is 1. The van der Waals surface area contributed by atoms with Crippen molar-refractivity contribution in [3.63, 3.8) is 0 Å². The molecular weight excluding hydrogens is 286 g/mol. The molecule has 0 aliphatic rings. The number of halogens is 1. The molecule has 0 saturated carbocycles. The Morgan fingerprint density at radius 3 is 2.67 bits per heavy atom. The maximum Gasteiger partial charge on any atom is 0.251 e. The van der Waals surface area contributed by atoms with E-state index in [1.807, 2.05) is 36.4 Å². The quantitative estimate of drug-likeness (QED) is 0.825. The second-order valence-corrected chi connectivity index (χ2v) is 5.07. The van der Waals surface area contributed by atoms with Gasteiger partial charge in [-0.2, -0.15) is 0 Å². The highest BCUT2D eigenvalue weighted by Gasteiger charge is 2.09. The van der Waals surface area contributed by atoms with Crippen LogP contribution < -0.4 is 5.32 Å². The van der Waals surface area contributed by atoms with Gasteiger partial charge < -0.3 is 10.1 Å². The summed E-state index contributed by atoms with van der Waals surface area (Å²) >= 11 is 6.23. The Balaban J connectivity index is 2.13. The number of rotatable bonds is 6. The van der Waals surface area contributed by atoms with Crippen LogP contribution in [-0.2, 0) is 4.74 Å². The third kappa shape index (κ3) is 4.31. The topological polar surface area (TPSA) is 38.3 Å². The summed E-state index contributed by atoms with van der Waals surface area (Å²) in [4.78, 5) is 12.1. The molecule has 0 bridgehead atoms. The largest absolute Gasteiger partial charge is 0.385 e. The smallest absolute Gasteiger partial charge is 0.251 e. The molecule has 1 amide bonds. The number of hydrogen-bond donors (Lipinski definition) is 1. The molecule has 0 saturated heterocycles. The van der Waals surface area contributed by atoms with Crippen LogP contribution in [0.15, 0.2) is 48.5 Å².